The number of nitrogens with one attached hydrogen (secondary N) is 2. The van der Waals surface area contributed by atoms with E-state index in [9.17, 15) is 9.59 Å². The summed E-state index contributed by atoms with van der Waals surface area (Å²) in [6.07, 6.45) is 2.91. The quantitative estimate of drug-likeness (QED) is 0.797. The number of hydrogen-bond acceptors (Lipinski definition) is 5. The van der Waals surface area contributed by atoms with Gasteiger partial charge in [-0.3, -0.25) is 9.59 Å². The van der Waals surface area contributed by atoms with Crippen molar-refractivity contribution in [1.82, 2.24) is 0 Å². The number of fused-ring (bicyclic) bond motifs is 1. The first-order chi connectivity index (χ1) is 14.0. The summed E-state index contributed by atoms with van der Waals surface area (Å²) in [5, 5.41) is 6.55. The van der Waals surface area contributed by atoms with E-state index < -0.39 is 0 Å². The minimum absolute atomic E-state index is 0.152. The summed E-state index contributed by atoms with van der Waals surface area (Å²) < 4.78 is 5.40. The lowest BCUT2D eigenvalue weighted by Crippen LogP contribution is -2.36. The molecular formula is C22H27N3O3S. The molecule has 2 aliphatic rings. The zero-order chi connectivity index (χ0) is 20.4. The highest BCUT2D eigenvalue weighted by molar-refractivity contribution is 7.17. The number of thiophene rings is 1. The molecule has 1 aromatic heterocycles. The minimum Gasteiger partial charge on any atom is -0.378 e. The third-order valence-corrected chi connectivity index (χ3v) is 6.70. The fraction of sp³-hybridized carbons (Fsp3) is 0.455. The van der Waals surface area contributed by atoms with Gasteiger partial charge in [0.2, 0.25) is 5.91 Å². The van der Waals surface area contributed by atoms with Gasteiger partial charge in [0.1, 0.15) is 5.00 Å². The van der Waals surface area contributed by atoms with Crippen molar-refractivity contribution in [2.24, 2.45) is 5.92 Å². The van der Waals surface area contributed by atoms with E-state index in [0.29, 0.717) is 16.5 Å². The Morgan fingerprint density at radius 1 is 1.14 bits per heavy atom. The second-order valence-corrected chi connectivity index (χ2v) is 8.94. The Balaban J connectivity index is 1.54. The van der Waals surface area contributed by atoms with E-state index in [-0.39, 0.29) is 11.8 Å². The van der Waals surface area contributed by atoms with E-state index in [4.69, 9.17) is 4.74 Å². The Hall–Kier alpha value is -2.38. The number of morpholine rings is 1. The van der Waals surface area contributed by atoms with Crippen molar-refractivity contribution in [1.29, 1.82) is 0 Å². The van der Waals surface area contributed by atoms with Crippen LogP contribution < -0.4 is 15.5 Å². The van der Waals surface area contributed by atoms with Gasteiger partial charge in [-0.2, -0.15) is 0 Å². The summed E-state index contributed by atoms with van der Waals surface area (Å²) in [6, 6.07) is 7.92. The minimum atomic E-state index is -0.153. The first kappa shape index (κ1) is 19.9. The molecule has 0 saturated carbocycles. The fourth-order valence-electron chi connectivity index (χ4n) is 4.01. The van der Waals surface area contributed by atoms with Crippen molar-refractivity contribution in [3.63, 3.8) is 0 Å². The predicted octanol–water partition coefficient (Wildman–Crippen LogP) is 3.92. The van der Waals surface area contributed by atoms with Gasteiger partial charge in [0.15, 0.2) is 0 Å². The van der Waals surface area contributed by atoms with Gasteiger partial charge in [0.25, 0.3) is 5.91 Å². The molecule has 1 aliphatic heterocycles. The van der Waals surface area contributed by atoms with Crippen LogP contribution >= 0.6 is 11.3 Å². The maximum atomic E-state index is 13.1. The lowest BCUT2D eigenvalue weighted by atomic mass is 9.88. The predicted molar refractivity (Wildman–Crippen MR) is 117 cm³/mol. The molecule has 7 heteroatoms. The molecule has 2 heterocycles. The van der Waals surface area contributed by atoms with Gasteiger partial charge in [-0.15, -0.1) is 11.3 Å². The lowest BCUT2D eigenvalue weighted by molar-refractivity contribution is -0.114. The molecule has 0 spiro atoms. The number of anilines is 3. The molecule has 0 radical (unpaired) electrons. The highest BCUT2D eigenvalue weighted by Gasteiger charge is 2.28. The Kier molecular flexibility index (Phi) is 5.87. The number of amides is 2. The molecule has 2 aromatic rings. The Bertz CT molecular complexity index is 901. The zero-order valence-electron chi connectivity index (χ0n) is 16.9. The van der Waals surface area contributed by atoms with Crippen LogP contribution in [0.15, 0.2) is 24.3 Å². The van der Waals surface area contributed by atoms with Crippen molar-refractivity contribution >= 4 is 39.5 Å². The Labute approximate surface area is 175 Å². The summed E-state index contributed by atoms with van der Waals surface area (Å²) in [5.74, 6) is 0.301. The summed E-state index contributed by atoms with van der Waals surface area (Å²) in [5.41, 5.74) is 3.61. The van der Waals surface area contributed by atoms with E-state index in [1.165, 1.54) is 11.8 Å². The molecule has 2 N–H and O–H groups in total. The molecule has 4 rings (SSSR count). The third-order valence-electron chi connectivity index (χ3n) is 5.53. The molecule has 1 aliphatic carbocycles. The van der Waals surface area contributed by atoms with E-state index in [1.807, 2.05) is 24.3 Å². The smallest absolute Gasteiger partial charge is 0.258 e. The Morgan fingerprint density at radius 2 is 1.86 bits per heavy atom. The lowest BCUT2D eigenvalue weighted by Gasteiger charge is -2.28. The summed E-state index contributed by atoms with van der Waals surface area (Å²) in [7, 11) is 0. The Morgan fingerprint density at radius 3 is 2.55 bits per heavy atom. The normalized spacial score (nSPS) is 18.8. The van der Waals surface area contributed by atoms with Crippen LogP contribution in [0.3, 0.4) is 0 Å². The molecular weight excluding hydrogens is 386 g/mol. The van der Waals surface area contributed by atoms with E-state index in [2.05, 4.69) is 22.5 Å². The largest absolute Gasteiger partial charge is 0.378 e. The van der Waals surface area contributed by atoms with Crippen LogP contribution in [0.4, 0.5) is 16.4 Å². The molecule has 6 nitrogen and oxygen atoms in total. The van der Waals surface area contributed by atoms with Crippen molar-refractivity contribution in [2.75, 3.05) is 41.8 Å². The van der Waals surface area contributed by atoms with Gasteiger partial charge in [0.05, 0.1) is 18.8 Å². The van der Waals surface area contributed by atoms with E-state index >= 15 is 0 Å². The zero-order valence-corrected chi connectivity index (χ0v) is 17.7. The fourth-order valence-corrected chi connectivity index (χ4v) is 5.46. The molecule has 0 unspecified atom stereocenters. The SMILES string of the molecule is CC(=O)Nc1sc2c(c1C(=O)Nc1ccc(N3CCOCC3)cc1)CC[C@H](C)C2. The number of carbonyl (C=O) groups excluding carboxylic acids is 2. The van der Waals surface area contributed by atoms with Crippen LogP contribution in [-0.2, 0) is 22.4 Å². The number of nitrogens with zero attached hydrogens (tertiary/aromatic N) is 1. The number of benzene rings is 1. The summed E-state index contributed by atoms with van der Waals surface area (Å²) in [6.45, 7) is 6.96. The van der Waals surface area contributed by atoms with Gasteiger partial charge in [0, 0.05) is 36.3 Å². The van der Waals surface area contributed by atoms with E-state index in [0.717, 1.165) is 62.5 Å². The summed E-state index contributed by atoms with van der Waals surface area (Å²) >= 11 is 1.54. The van der Waals surface area contributed by atoms with Crippen molar-refractivity contribution < 1.29 is 14.3 Å². The number of hydrogen-bond donors (Lipinski definition) is 2. The number of ether oxygens (including phenoxy) is 1. The third kappa shape index (κ3) is 4.46. The van der Waals surface area contributed by atoms with Crippen LogP contribution in [-0.4, -0.2) is 38.1 Å². The maximum Gasteiger partial charge on any atom is 0.258 e. The topological polar surface area (TPSA) is 70.7 Å². The molecule has 154 valence electrons. The van der Waals surface area contributed by atoms with Gasteiger partial charge in [-0.25, -0.2) is 0 Å². The van der Waals surface area contributed by atoms with Crippen molar-refractivity contribution in [2.45, 2.75) is 33.1 Å². The average Bonchev–Trinajstić information content (AvgIpc) is 3.05. The highest BCUT2D eigenvalue weighted by atomic mass is 32.1. The maximum absolute atomic E-state index is 13.1. The van der Waals surface area contributed by atoms with Gasteiger partial charge in [-0.05, 0) is 55.0 Å². The first-order valence-electron chi connectivity index (χ1n) is 10.2. The summed E-state index contributed by atoms with van der Waals surface area (Å²) in [4.78, 5) is 28.3. The monoisotopic (exact) mass is 413 g/mol. The standard InChI is InChI=1S/C22H27N3O3S/c1-14-3-8-18-19(13-14)29-22(23-15(2)26)20(18)21(27)24-16-4-6-17(7-5-16)25-9-11-28-12-10-25/h4-7,14H,3,8-13H2,1-2H3,(H,23,26)(H,24,27)/t14-/m0/s1. The molecule has 1 atom stereocenters. The van der Waals surface area contributed by atoms with Gasteiger partial charge in [-0.1, -0.05) is 6.92 Å². The van der Waals surface area contributed by atoms with Crippen LogP contribution in [0.1, 0.15) is 41.1 Å². The molecule has 2 amide bonds. The second-order valence-electron chi connectivity index (χ2n) is 7.84. The van der Waals surface area contributed by atoms with Gasteiger partial charge >= 0.3 is 0 Å². The van der Waals surface area contributed by atoms with Crippen LogP contribution in [0.2, 0.25) is 0 Å². The molecule has 1 aromatic carbocycles. The number of carbonyl (C=O) groups is 2. The average molecular weight is 414 g/mol. The van der Waals surface area contributed by atoms with Gasteiger partial charge < -0.3 is 20.3 Å². The molecule has 29 heavy (non-hydrogen) atoms. The van der Waals surface area contributed by atoms with E-state index in [1.54, 1.807) is 11.3 Å². The molecule has 1 saturated heterocycles. The van der Waals surface area contributed by atoms with Crippen molar-refractivity contribution in [3.05, 3.63) is 40.3 Å². The number of rotatable bonds is 4. The molecule has 1 fully saturated rings. The van der Waals surface area contributed by atoms with Crippen LogP contribution in [0, 0.1) is 5.92 Å². The highest BCUT2D eigenvalue weighted by Crippen LogP contribution is 2.40. The van der Waals surface area contributed by atoms with Crippen molar-refractivity contribution in [3.8, 4) is 0 Å². The molecule has 0 bridgehead atoms. The second kappa shape index (κ2) is 8.55. The van der Waals surface area contributed by atoms with Crippen LogP contribution in [0.5, 0.6) is 0 Å². The van der Waals surface area contributed by atoms with Crippen LogP contribution in [0.25, 0.3) is 0 Å². The first-order valence-corrected chi connectivity index (χ1v) is 11.0.